The molecule has 1 atom stereocenters. The zero-order valence-electron chi connectivity index (χ0n) is 16.4. The first-order valence-corrected chi connectivity index (χ1v) is 10.1. The van der Waals surface area contributed by atoms with E-state index in [1.165, 1.54) is 30.5 Å². The van der Waals surface area contributed by atoms with Crippen molar-refractivity contribution in [1.29, 1.82) is 0 Å². The molecule has 2 heterocycles. The molecule has 27 heavy (non-hydrogen) atoms. The molecule has 0 aliphatic carbocycles. The fourth-order valence-electron chi connectivity index (χ4n) is 4.09. The van der Waals surface area contributed by atoms with E-state index in [0.717, 1.165) is 32.6 Å². The van der Waals surface area contributed by atoms with Crippen LogP contribution in [0, 0.1) is 11.7 Å². The normalized spacial score (nSPS) is 21.6. The van der Waals surface area contributed by atoms with Crippen molar-refractivity contribution in [3.63, 3.8) is 0 Å². The van der Waals surface area contributed by atoms with Gasteiger partial charge in [-0.2, -0.15) is 0 Å². The molecule has 5 nitrogen and oxygen atoms in total. The smallest absolute Gasteiger partial charge is 0.236 e. The number of halogens is 1. The molecule has 0 N–H and O–H groups in total. The van der Waals surface area contributed by atoms with Crippen molar-refractivity contribution in [1.82, 2.24) is 14.7 Å². The van der Waals surface area contributed by atoms with Crippen LogP contribution in [0.5, 0.6) is 0 Å². The molecule has 3 rings (SSSR count). The maximum atomic E-state index is 13.0. The monoisotopic (exact) mass is 377 g/mol. The summed E-state index contributed by atoms with van der Waals surface area (Å²) in [7, 11) is 2.05. The van der Waals surface area contributed by atoms with Crippen molar-refractivity contribution in [2.24, 2.45) is 5.92 Å². The minimum atomic E-state index is -0.175. The van der Waals surface area contributed by atoms with E-state index in [2.05, 4.69) is 16.8 Å². The molecule has 1 aromatic rings. The molecule has 0 spiro atoms. The Hall–Kier alpha value is -1.50. The van der Waals surface area contributed by atoms with Gasteiger partial charge in [-0.15, -0.1) is 0 Å². The molecular formula is C21H32FN3O2. The van der Waals surface area contributed by atoms with Crippen LogP contribution >= 0.6 is 0 Å². The van der Waals surface area contributed by atoms with Gasteiger partial charge in [0, 0.05) is 32.7 Å². The van der Waals surface area contributed by atoms with Gasteiger partial charge in [0.05, 0.1) is 19.8 Å². The van der Waals surface area contributed by atoms with Crippen molar-refractivity contribution < 1.29 is 13.9 Å². The molecule has 2 saturated heterocycles. The van der Waals surface area contributed by atoms with Crippen LogP contribution in [0.3, 0.4) is 0 Å². The van der Waals surface area contributed by atoms with E-state index >= 15 is 0 Å². The largest absolute Gasteiger partial charge is 0.378 e. The van der Waals surface area contributed by atoms with Crippen LogP contribution in [0.1, 0.15) is 18.4 Å². The molecule has 6 heteroatoms. The van der Waals surface area contributed by atoms with E-state index in [9.17, 15) is 9.18 Å². The Morgan fingerprint density at radius 2 is 1.96 bits per heavy atom. The van der Waals surface area contributed by atoms with Gasteiger partial charge in [0.2, 0.25) is 5.91 Å². The summed E-state index contributed by atoms with van der Waals surface area (Å²) in [6, 6.07) is 6.83. The average molecular weight is 378 g/mol. The van der Waals surface area contributed by atoms with Crippen LogP contribution in [-0.2, 0) is 16.0 Å². The lowest BCUT2D eigenvalue weighted by atomic mass is 9.97. The highest BCUT2D eigenvalue weighted by molar-refractivity contribution is 5.78. The third kappa shape index (κ3) is 6.55. The van der Waals surface area contributed by atoms with E-state index < -0.39 is 0 Å². The summed E-state index contributed by atoms with van der Waals surface area (Å²) in [5.74, 6) is 0.644. The standard InChI is InChI=1S/C21H32FN3O2/c1-23(17-21(26)25-11-13-27-14-12-25)15-19-3-2-9-24(16-19)10-8-18-4-6-20(22)7-5-18/h4-7,19H,2-3,8-17H2,1H3. The quantitative estimate of drug-likeness (QED) is 0.727. The molecule has 1 aromatic carbocycles. The second kappa shape index (κ2) is 10.2. The number of hydrogen-bond acceptors (Lipinski definition) is 4. The van der Waals surface area contributed by atoms with Crippen molar-refractivity contribution >= 4 is 5.91 Å². The number of piperidine rings is 1. The zero-order chi connectivity index (χ0) is 19.1. The van der Waals surface area contributed by atoms with Crippen molar-refractivity contribution in [3.8, 4) is 0 Å². The number of carbonyl (C=O) groups excluding carboxylic acids is 1. The lowest BCUT2D eigenvalue weighted by Crippen LogP contribution is -2.47. The van der Waals surface area contributed by atoms with E-state index in [1.807, 2.05) is 17.0 Å². The molecule has 1 amide bonds. The number of amides is 1. The van der Waals surface area contributed by atoms with Gasteiger partial charge in [-0.3, -0.25) is 9.69 Å². The number of nitrogens with zero attached hydrogens (tertiary/aromatic N) is 3. The van der Waals surface area contributed by atoms with Crippen molar-refractivity contribution in [2.45, 2.75) is 19.3 Å². The van der Waals surface area contributed by atoms with Crippen LogP contribution in [0.4, 0.5) is 4.39 Å². The Labute approximate surface area is 162 Å². The number of rotatable bonds is 7. The highest BCUT2D eigenvalue weighted by Gasteiger charge is 2.23. The van der Waals surface area contributed by atoms with Gasteiger partial charge < -0.3 is 14.5 Å². The van der Waals surface area contributed by atoms with Gasteiger partial charge in [0.1, 0.15) is 5.82 Å². The Kier molecular flexibility index (Phi) is 7.61. The average Bonchev–Trinajstić information content (AvgIpc) is 2.68. The molecule has 1 unspecified atom stereocenters. The molecular weight excluding hydrogens is 345 g/mol. The van der Waals surface area contributed by atoms with Crippen LogP contribution in [0.25, 0.3) is 0 Å². The predicted octanol–water partition coefficient (Wildman–Crippen LogP) is 1.87. The predicted molar refractivity (Wildman–Crippen MR) is 104 cm³/mol. The van der Waals surface area contributed by atoms with Gasteiger partial charge in [0.25, 0.3) is 0 Å². The van der Waals surface area contributed by atoms with E-state index in [0.29, 0.717) is 38.8 Å². The summed E-state index contributed by atoms with van der Waals surface area (Å²) >= 11 is 0. The third-order valence-electron chi connectivity index (χ3n) is 5.57. The Bertz CT molecular complexity index is 590. The fourth-order valence-corrected chi connectivity index (χ4v) is 4.09. The summed E-state index contributed by atoms with van der Waals surface area (Å²) < 4.78 is 18.3. The van der Waals surface area contributed by atoms with Crippen molar-refractivity contribution in [3.05, 3.63) is 35.6 Å². The molecule has 0 saturated carbocycles. The molecule has 2 fully saturated rings. The first-order chi connectivity index (χ1) is 13.1. The van der Waals surface area contributed by atoms with E-state index in [-0.39, 0.29) is 11.7 Å². The fraction of sp³-hybridized carbons (Fsp3) is 0.667. The summed E-state index contributed by atoms with van der Waals surface area (Å²) in [5.41, 5.74) is 1.19. The van der Waals surface area contributed by atoms with Crippen LogP contribution in [0.15, 0.2) is 24.3 Å². The highest BCUT2D eigenvalue weighted by Crippen LogP contribution is 2.18. The second-order valence-corrected chi connectivity index (χ2v) is 7.88. The summed E-state index contributed by atoms with van der Waals surface area (Å²) in [4.78, 5) is 19.0. The van der Waals surface area contributed by atoms with Gasteiger partial charge >= 0.3 is 0 Å². The van der Waals surface area contributed by atoms with Crippen LogP contribution in [0.2, 0.25) is 0 Å². The minimum absolute atomic E-state index is 0.175. The molecule has 0 aromatic heterocycles. The number of ether oxygens (including phenoxy) is 1. The van der Waals surface area contributed by atoms with Crippen LogP contribution in [-0.4, -0.2) is 86.7 Å². The Morgan fingerprint density at radius 1 is 1.22 bits per heavy atom. The van der Waals surface area contributed by atoms with Crippen LogP contribution < -0.4 is 0 Å². The second-order valence-electron chi connectivity index (χ2n) is 7.88. The SMILES string of the molecule is CN(CC(=O)N1CCOCC1)CC1CCCN(CCc2ccc(F)cc2)C1. The Balaban J connectivity index is 1.39. The highest BCUT2D eigenvalue weighted by atomic mass is 19.1. The number of morpholine rings is 1. The van der Waals surface area contributed by atoms with Gasteiger partial charge in [0.15, 0.2) is 0 Å². The Morgan fingerprint density at radius 3 is 2.70 bits per heavy atom. The number of benzene rings is 1. The number of likely N-dealkylation sites (tertiary alicyclic amines) is 1. The summed E-state index contributed by atoms with van der Waals surface area (Å²) in [6.07, 6.45) is 3.39. The minimum Gasteiger partial charge on any atom is -0.378 e. The topological polar surface area (TPSA) is 36.0 Å². The zero-order valence-corrected chi connectivity index (χ0v) is 16.4. The molecule has 150 valence electrons. The van der Waals surface area contributed by atoms with Gasteiger partial charge in [-0.1, -0.05) is 12.1 Å². The summed E-state index contributed by atoms with van der Waals surface area (Å²) in [6.45, 7) is 7.42. The first-order valence-electron chi connectivity index (χ1n) is 10.1. The van der Waals surface area contributed by atoms with Gasteiger partial charge in [-0.05, 0) is 56.5 Å². The maximum Gasteiger partial charge on any atom is 0.236 e. The van der Waals surface area contributed by atoms with Crippen molar-refractivity contribution in [2.75, 3.05) is 66.1 Å². The first kappa shape index (κ1) is 20.2. The maximum absolute atomic E-state index is 13.0. The third-order valence-corrected chi connectivity index (χ3v) is 5.57. The lowest BCUT2D eigenvalue weighted by Gasteiger charge is -2.35. The molecule has 0 bridgehead atoms. The van der Waals surface area contributed by atoms with E-state index in [4.69, 9.17) is 4.74 Å². The molecule has 0 radical (unpaired) electrons. The summed E-state index contributed by atoms with van der Waals surface area (Å²) in [5, 5.41) is 0. The van der Waals surface area contributed by atoms with Gasteiger partial charge in [-0.25, -0.2) is 4.39 Å². The lowest BCUT2D eigenvalue weighted by molar-refractivity contribution is -0.136. The number of carbonyl (C=O) groups is 1. The molecule has 2 aliphatic heterocycles. The molecule has 2 aliphatic rings. The number of likely N-dealkylation sites (N-methyl/N-ethyl adjacent to an activating group) is 1. The van der Waals surface area contributed by atoms with E-state index in [1.54, 1.807) is 0 Å². The number of hydrogen-bond donors (Lipinski definition) is 0.